The van der Waals surface area contributed by atoms with E-state index in [0.717, 1.165) is 42.5 Å². The molecule has 0 saturated carbocycles. The minimum Gasteiger partial charge on any atom is -0.345 e. The molecule has 0 radical (unpaired) electrons. The number of aromatic nitrogens is 1. The third-order valence-corrected chi connectivity index (χ3v) is 7.40. The zero-order valence-electron chi connectivity index (χ0n) is 18.3. The highest BCUT2D eigenvalue weighted by Crippen LogP contribution is 2.44. The van der Waals surface area contributed by atoms with Crippen LogP contribution in [0.1, 0.15) is 65.7 Å². The molecule has 1 atom stereocenters. The molecule has 0 bridgehead atoms. The predicted molar refractivity (Wildman–Crippen MR) is 126 cm³/mol. The Bertz CT molecular complexity index is 972. The van der Waals surface area contributed by atoms with Crippen molar-refractivity contribution >= 4 is 27.4 Å². The second kappa shape index (κ2) is 8.64. The fourth-order valence-electron chi connectivity index (χ4n) is 4.88. The molecule has 1 fully saturated rings. The maximum Gasteiger partial charge on any atom is 0.253 e. The van der Waals surface area contributed by atoms with Gasteiger partial charge in [0.1, 0.15) is 0 Å². The number of carbonyl (C=O) groups is 1. The quantitative estimate of drug-likeness (QED) is 0.610. The van der Waals surface area contributed by atoms with Gasteiger partial charge in [-0.3, -0.25) is 14.7 Å². The lowest BCUT2D eigenvalue weighted by Crippen LogP contribution is -2.35. The maximum absolute atomic E-state index is 12.1. The molecule has 1 unspecified atom stereocenters. The number of likely N-dealkylation sites (tertiary alicyclic amines) is 1. The van der Waals surface area contributed by atoms with Gasteiger partial charge in [0.2, 0.25) is 0 Å². The number of benzene rings is 1. The number of amides is 1. The van der Waals surface area contributed by atoms with Gasteiger partial charge >= 0.3 is 0 Å². The number of hydrogen-bond acceptors (Lipinski definition) is 3. The van der Waals surface area contributed by atoms with Gasteiger partial charge in [-0.05, 0) is 73.7 Å². The van der Waals surface area contributed by atoms with Crippen molar-refractivity contribution in [2.75, 3.05) is 33.7 Å². The summed E-state index contributed by atoms with van der Waals surface area (Å²) in [7, 11) is 3.59. The molecule has 5 heteroatoms. The van der Waals surface area contributed by atoms with E-state index < -0.39 is 0 Å². The highest BCUT2D eigenvalue weighted by molar-refractivity contribution is 9.10. The summed E-state index contributed by atoms with van der Waals surface area (Å²) in [5.41, 5.74) is 7.52. The molecule has 30 heavy (non-hydrogen) atoms. The number of fused-ring (bicyclic) bond motifs is 1. The van der Waals surface area contributed by atoms with Gasteiger partial charge in [0.25, 0.3) is 5.91 Å². The van der Waals surface area contributed by atoms with E-state index in [2.05, 4.69) is 51.8 Å². The first-order valence-electron chi connectivity index (χ1n) is 10.7. The van der Waals surface area contributed by atoms with Gasteiger partial charge in [-0.2, -0.15) is 0 Å². The molecule has 1 amide bonds. The third-order valence-electron chi connectivity index (χ3n) is 6.74. The van der Waals surface area contributed by atoms with Gasteiger partial charge in [0.15, 0.2) is 0 Å². The second-order valence-corrected chi connectivity index (χ2v) is 9.65. The molecular weight excluding hydrogens is 438 g/mol. The largest absolute Gasteiger partial charge is 0.345 e. The molecule has 1 aliphatic carbocycles. The highest BCUT2D eigenvalue weighted by atomic mass is 79.9. The Morgan fingerprint density at radius 1 is 1.17 bits per heavy atom. The monoisotopic (exact) mass is 467 g/mol. The number of nitrogens with zero attached hydrogens (tertiary/aromatic N) is 3. The number of hydrogen-bond donors (Lipinski definition) is 0. The molecule has 0 N–H and O–H groups in total. The van der Waals surface area contributed by atoms with Crippen molar-refractivity contribution < 1.29 is 4.79 Å². The Morgan fingerprint density at radius 2 is 1.83 bits per heavy atom. The molecule has 158 valence electrons. The van der Waals surface area contributed by atoms with Gasteiger partial charge in [-0.15, -0.1) is 0 Å². The SMILES string of the molecule is CC1=C(CN2CCC(c3ccc(C(=O)N(C)C)cc3)CC2)C(C)c2nccc(Br)c21. The summed E-state index contributed by atoms with van der Waals surface area (Å²) >= 11 is 3.71. The van der Waals surface area contributed by atoms with Crippen LogP contribution in [0.25, 0.3) is 5.57 Å². The van der Waals surface area contributed by atoms with Gasteiger partial charge in [-0.1, -0.05) is 35.0 Å². The van der Waals surface area contributed by atoms with Crippen LogP contribution in [0.15, 0.2) is 46.6 Å². The summed E-state index contributed by atoms with van der Waals surface area (Å²) in [6, 6.07) is 10.3. The van der Waals surface area contributed by atoms with E-state index in [-0.39, 0.29) is 5.91 Å². The van der Waals surface area contributed by atoms with E-state index in [4.69, 9.17) is 0 Å². The summed E-state index contributed by atoms with van der Waals surface area (Å²) in [4.78, 5) is 21.0. The number of rotatable bonds is 4. The average molecular weight is 468 g/mol. The number of piperidine rings is 1. The minimum absolute atomic E-state index is 0.0628. The third kappa shape index (κ3) is 3.97. The lowest BCUT2D eigenvalue weighted by Gasteiger charge is -2.33. The van der Waals surface area contributed by atoms with Gasteiger partial charge in [-0.25, -0.2) is 0 Å². The van der Waals surface area contributed by atoms with Crippen LogP contribution in [0.2, 0.25) is 0 Å². The highest BCUT2D eigenvalue weighted by Gasteiger charge is 2.31. The number of halogens is 1. The average Bonchev–Trinajstić information content (AvgIpc) is 2.99. The van der Waals surface area contributed by atoms with E-state index in [1.165, 1.54) is 28.0 Å². The van der Waals surface area contributed by atoms with Crippen molar-refractivity contribution in [2.45, 2.75) is 38.5 Å². The summed E-state index contributed by atoms with van der Waals surface area (Å²) in [6.07, 6.45) is 4.23. The Balaban J connectivity index is 1.39. The summed E-state index contributed by atoms with van der Waals surface area (Å²) < 4.78 is 1.15. The van der Waals surface area contributed by atoms with E-state index in [1.54, 1.807) is 19.0 Å². The molecule has 2 aromatic rings. The van der Waals surface area contributed by atoms with Crippen LogP contribution in [0.3, 0.4) is 0 Å². The first kappa shape index (κ1) is 21.3. The molecule has 2 aliphatic rings. The normalized spacial score (nSPS) is 19.8. The van der Waals surface area contributed by atoms with Crippen LogP contribution >= 0.6 is 15.9 Å². The summed E-state index contributed by atoms with van der Waals surface area (Å²) in [5, 5.41) is 0. The van der Waals surface area contributed by atoms with E-state index >= 15 is 0 Å². The maximum atomic E-state index is 12.1. The lowest BCUT2D eigenvalue weighted by molar-refractivity contribution is 0.0827. The standard InChI is InChI=1S/C25H30BrN3O/c1-16-21(17(2)24-23(16)22(26)9-12-27-24)15-29-13-10-19(11-14-29)18-5-7-20(8-6-18)25(30)28(3)4/h5-9,12,17,19H,10-11,13-15H2,1-4H3. The molecule has 0 spiro atoms. The summed E-state index contributed by atoms with van der Waals surface area (Å²) in [5.74, 6) is 1.03. The van der Waals surface area contributed by atoms with Crippen molar-refractivity contribution in [3.8, 4) is 0 Å². The van der Waals surface area contributed by atoms with Gasteiger partial charge < -0.3 is 4.90 Å². The van der Waals surface area contributed by atoms with Crippen LogP contribution in [0.5, 0.6) is 0 Å². The summed E-state index contributed by atoms with van der Waals surface area (Å²) in [6.45, 7) is 7.77. The Kier molecular flexibility index (Phi) is 6.12. The van der Waals surface area contributed by atoms with Crippen LogP contribution in [0, 0.1) is 0 Å². The first-order chi connectivity index (χ1) is 14.4. The van der Waals surface area contributed by atoms with Crippen LogP contribution in [-0.2, 0) is 0 Å². The Morgan fingerprint density at radius 3 is 2.43 bits per heavy atom. The lowest BCUT2D eigenvalue weighted by atomic mass is 9.88. The molecule has 4 nitrogen and oxygen atoms in total. The molecule has 1 aliphatic heterocycles. The van der Waals surface area contributed by atoms with E-state index in [9.17, 15) is 4.79 Å². The second-order valence-electron chi connectivity index (χ2n) is 8.80. The zero-order valence-corrected chi connectivity index (χ0v) is 19.9. The molecule has 4 rings (SSSR count). The fourth-order valence-corrected chi connectivity index (χ4v) is 5.50. The van der Waals surface area contributed by atoms with Crippen LogP contribution in [-0.4, -0.2) is 54.4 Å². The van der Waals surface area contributed by atoms with Crippen molar-refractivity contribution in [1.82, 2.24) is 14.8 Å². The van der Waals surface area contributed by atoms with Crippen molar-refractivity contribution in [1.29, 1.82) is 0 Å². The van der Waals surface area contributed by atoms with Gasteiger partial charge in [0, 0.05) is 48.4 Å². The molecule has 1 saturated heterocycles. The Hall–Kier alpha value is -1.98. The minimum atomic E-state index is 0.0628. The number of allylic oxidation sites excluding steroid dienone is 1. The molecular formula is C25H30BrN3O. The molecule has 1 aromatic carbocycles. The van der Waals surface area contributed by atoms with Crippen molar-refractivity contribution in [2.24, 2.45) is 0 Å². The van der Waals surface area contributed by atoms with Crippen molar-refractivity contribution in [3.63, 3.8) is 0 Å². The van der Waals surface area contributed by atoms with Crippen LogP contribution < -0.4 is 0 Å². The molecule has 1 aromatic heterocycles. The smallest absolute Gasteiger partial charge is 0.253 e. The van der Waals surface area contributed by atoms with E-state index in [1.807, 2.05) is 24.4 Å². The van der Waals surface area contributed by atoms with E-state index in [0.29, 0.717) is 11.8 Å². The predicted octanol–water partition coefficient (Wildman–Crippen LogP) is 5.32. The Labute approximate surface area is 188 Å². The number of pyridine rings is 1. The molecule has 2 heterocycles. The fraction of sp³-hybridized carbons (Fsp3) is 0.440. The topological polar surface area (TPSA) is 36.4 Å². The number of carbonyl (C=O) groups excluding carboxylic acids is 1. The van der Waals surface area contributed by atoms with Gasteiger partial charge in [0.05, 0.1) is 5.69 Å². The van der Waals surface area contributed by atoms with Crippen LogP contribution in [0.4, 0.5) is 0 Å². The first-order valence-corrected chi connectivity index (χ1v) is 11.5. The van der Waals surface area contributed by atoms with Crippen molar-refractivity contribution in [3.05, 3.63) is 69.0 Å². The zero-order chi connectivity index (χ0) is 21.4.